The van der Waals surface area contributed by atoms with Gasteiger partial charge in [0.15, 0.2) is 0 Å². The SMILES string of the molecule is CC(=O)NC1C(=O)N2C(C(=O)OCc3ccc([N+](=O)[O-])cc3)C(C)(C)S(=O)[C@@H]12. The van der Waals surface area contributed by atoms with Crippen molar-refractivity contribution >= 4 is 34.3 Å². The number of nitrogens with zero attached hydrogens (tertiary/aromatic N) is 2. The highest BCUT2D eigenvalue weighted by molar-refractivity contribution is 7.87. The van der Waals surface area contributed by atoms with Crippen molar-refractivity contribution in [3.05, 3.63) is 39.9 Å². The highest BCUT2D eigenvalue weighted by Crippen LogP contribution is 2.43. The number of non-ortho nitro benzene ring substituents is 1. The third-order valence-electron chi connectivity index (χ3n) is 4.86. The highest BCUT2D eigenvalue weighted by atomic mass is 32.2. The average Bonchev–Trinajstić information content (AvgIpc) is 2.82. The number of fused-ring (bicyclic) bond motifs is 1. The van der Waals surface area contributed by atoms with Crippen LogP contribution in [-0.4, -0.2) is 54.0 Å². The van der Waals surface area contributed by atoms with Gasteiger partial charge in [0, 0.05) is 19.1 Å². The van der Waals surface area contributed by atoms with E-state index in [1.807, 2.05) is 0 Å². The lowest BCUT2D eigenvalue weighted by Crippen LogP contribution is -2.71. The second-order valence-corrected chi connectivity index (χ2v) is 9.28. The molecule has 1 aromatic carbocycles. The Kier molecular flexibility index (Phi) is 4.96. The predicted octanol–water partition coefficient (Wildman–Crippen LogP) is 0.221. The van der Waals surface area contributed by atoms with Gasteiger partial charge >= 0.3 is 5.97 Å². The van der Waals surface area contributed by atoms with Gasteiger partial charge in [0.1, 0.15) is 24.1 Å². The van der Waals surface area contributed by atoms with E-state index in [4.69, 9.17) is 4.74 Å². The molecule has 0 saturated carbocycles. The number of carbonyl (C=O) groups is 3. The molecule has 0 radical (unpaired) electrons. The first-order valence-electron chi connectivity index (χ1n) is 8.45. The fourth-order valence-corrected chi connectivity index (χ4v) is 5.36. The van der Waals surface area contributed by atoms with Crippen molar-refractivity contribution in [2.45, 2.75) is 49.6 Å². The monoisotopic (exact) mass is 409 g/mol. The molecule has 0 bridgehead atoms. The van der Waals surface area contributed by atoms with Crippen LogP contribution in [0.4, 0.5) is 5.69 Å². The number of esters is 1. The second-order valence-electron chi connectivity index (χ2n) is 7.15. The first-order chi connectivity index (χ1) is 13.1. The lowest BCUT2D eigenvalue weighted by molar-refractivity contribution is -0.384. The van der Waals surface area contributed by atoms with Gasteiger partial charge in [-0.1, -0.05) is 0 Å². The van der Waals surface area contributed by atoms with Gasteiger partial charge in [-0.25, -0.2) is 4.79 Å². The van der Waals surface area contributed by atoms with Crippen molar-refractivity contribution in [3.63, 3.8) is 0 Å². The summed E-state index contributed by atoms with van der Waals surface area (Å²) < 4.78 is 17.0. The van der Waals surface area contributed by atoms with E-state index >= 15 is 0 Å². The van der Waals surface area contributed by atoms with Gasteiger partial charge in [0.2, 0.25) is 11.8 Å². The summed E-state index contributed by atoms with van der Waals surface area (Å²) >= 11 is 0. The van der Waals surface area contributed by atoms with Gasteiger partial charge in [-0.15, -0.1) is 0 Å². The minimum Gasteiger partial charge on any atom is -0.459 e. The van der Waals surface area contributed by atoms with Crippen LogP contribution >= 0.6 is 0 Å². The Hall–Kier alpha value is -2.82. The van der Waals surface area contributed by atoms with E-state index in [0.717, 1.165) is 0 Å². The number of hydrogen-bond acceptors (Lipinski definition) is 7. The molecule has 0 aliphatic carbocycles. The third kappa shape index (κ3) is 3.15. The number of nitrogens with one attached hydrogen (secondary N) is 1. The molecule has 2 heterocycles. The average molecular weight is 409 g/mol. The van der Waals surface area contributed by atoms with E-state index in [1.54, 1.807) is 13.8 Å². The fraction of sp³-hybridized carbons (Fsp3) is 0.471. The number of hydrogen-bond donors (Lipinski definition) is 1. The number of β-lactam (4-membered cyclic amide) rings is 1. The number of benzene rings is 1. The molecule has 11 heteroatoms. The number of nitro benzene ring substituents is 1. The molecule has 2 fully saturated rings. The second kappa shape index (κ2) is 6.97. The maximum Gasteiger partial charge on any atom is 0.330 e. The smallest absolute Gasteiger partial charge is 0.330 e. The van der Waals surface area contributed by atoms with Crippen molar-refractivity contribution in [1.29, 1.82) is 0 Å². The van der Waals surface area contributed by atoms with E-state index in [1.165, 1.54) is 36.1 Å². The zero-order chi connectivity index (χ0) is 20.8. The summed E-state index contributed by atoms with van der Waals surface area (Å²) in [6, 6.07) is 3.57. The van der Waals surface area contributed by atoms with Crippen molar-refractivity contribution < 1.29 is 28.3 Å². The third-order valence-corrected chi connectivity index (χ3v) is 7.06. The van der Waals surface area contributed by atoms with Gasteiger partial charge in [0.05, 0.1) is 20.5 Å². The molecule has 2 saturated heterocycles. The van der Waals surface area contributed by atoms with E-state index in [2.05, 4.69) is 5.32 Å². The van der Waals surface area contributed by atoms with Crippen molar-refractivity contribution in [2.75, 3.05) is 0 Å². The van der Waals surface area contributed by atoms with Crippen LogP contribution in [0.25, 0.3) is 0 Å². The molecule has 10 nitrogen and oxygen atoms in total. The van der Waals surface area contributed by atoms with Crippen molar-refractivity contribution in [2.24, 2.45) is 0 Å². The summed E-state index contributed by atoms with van der Waals surface area (Å²) in [4.78, 5) is 47.7. The molecule has 28 heavy (non-hydrogen) atoms. The lowest BCUT2D eigenvalue weighted by Gasteiger charge is -2.43. The normalized spacial score (nSPS) is 27.5. The summed E-state index contributed by atoms with van der Waals surface area (Å²) in [5.74, 6) is -1.61. The Labute approximate surface area is 162 Å². The minimum absolute atomic E-state index is 0.0829. The fourth-order valence-electron chi connectivity index (χ4n) is 3.44. The molecule has 150 valence electrons. The molecule has 3 unspecified atom stereocenters. The van der Waals surface area contributed by atoms with E-state index < -0.39 is 55.7 Å². The Morgan fingerprint density at radius 2 is 1.93 bits per heavy atom. The Morgan fingerprint density at radius 3 is 2.46 bits per heavy atom. The van der Waals surface area contributed by atoms with E-state index in [-0.39, 0.29) is 12.3 Å². The Bertz CT molecular complexity index is 883. The number of rotatable bonds is 5. The van der Waals surface area contributed by atoms with Crippen LogP contribution in [0.2, 0.25) is 0 Å². The van der Waals surface area contributed by atoms with Crippen LogP contribution in [0.3, 0.4) is 0 Å². The van der Waals surface area contributed by atoms with Crippen LogP contribution in [0, 0.1) is 10.1 Å². The molecule has 1 N–H and O–H groups in total. The Morgan fingerprint density at radius 1 is 1.32 bits per heavy atom. The van der Waals surface area contributed by atoms with Gasteiger partial charge in [-0.3, -0.25) is 23.9 Å². The quantitative estimate of drug-likeness (QED) is 0.318. The molecular formula is C17H19N3O7S. The number of amides is 2. The number of nitro groups is 1. The van der Waals surface area contributed by atoms with Crippen molar-refractivity contribution in [3.8, 4) is 0 Å². The topological polar surface area (TPSA) is 136 Å². The van der Waals surface area contributed by atoms with Crippen LogP contribution < -0.4 is 5.32 Å². The zero-order valence-corrected chi connectivity index (χ0v) is 16.2. The molecule has 2 aliphatic heterocycles. The summed E-state index contributed by atoms with van der Waals surface area (Å²) in [6.07, 6.45) is 0. The molecule has 0 spiro atoms. The molecule has 2 aliphatic rings. The molecule has 4 atom stereocenters. The van der Waals surface area contributed by atoms with Crippen LogP contribution in [0.1, 0.15) is 26.3 Å². The maximum absolute atomic E-state index is 12.8. The molecule has 0 aromatic heterocycles. The van der Waals surface area contributed by atoms with Gasteiger partial charge in [-0.2, -0.15) is 0 Å². The predicted molar refractivity (Wildman–Crippen MR) is 97.1 cm³/mol. The van der Waals surface area contributed by atoms with Gasteiger partial charge in [-0.05, 0) is 31.5 Å². The highest BCUT2D eigenvalue weighted by Gasteiger charge is 2.68. The molecule has 2 amide bonds. The molecular weight excluding hydrogens is 390 g/mol. The van der Waals surface area contributed by atoms with Crippen molar-refractivity contribution in [1.82, 2.24) is 10.2 Å². The zero-order valence-electron chi connectivity index (χ0n) is 15.4. The van der Waals surface area contributed by atoms with Crippen LogP contribution in [0.15, 0.2) is 24.3 Å². The summed E-state index contributed by atoms with van der Waals surface area (Å²) in [6.45, 7) is 4.33. The first-order valence-corrected chi connectivity index (χ1v) is 9.67. The Balaban J connectivity index is 1.72. The van der Waals surface area contributed by atoms with E-state index in [9.17, 15) is 28.7 Å². The molecule has 1 aromatic rings. The lowest BCUT2D eigenvalue weighted by atomic mass is 9.96. The standard InChI is InChI=1S/C17H19N3O7S/c1-9(21)18-12-14(22)19-13(17(2,3)28(26)15(12)19)16(23)27-8-10-4-6-11(7-5-10)20(24)25/h4-7,12-13,15H,8H2,1-3H3,(H,18,21)/t12?,13?,15-,28?/m0/s1. The van der Waals surface area contributed by atoms with E-state index in [0.29, 0.717) is 5.56 Å². The van der Waals surface area contributed by atoms with Gasteiger partial charge < -0.3 is 15.0 Å². The first kappa shape index (κ1) is 19.9. The number of ether oxygens (including phenoxy) is 1. The van der Waals surface area contributed by atoms with Crippen LogP contribution in [-0.2, 0) is 36.5 Å². The number of carbonyl (C=O) groups excluding carboxylic acids is 3. The minimum atomic E-state index is -1.58. The maximum atomic E-state index is 12.8. The largest absolute Gasteiger partial charge is 0.459 e. The summed E-state index contributed by atoms with van der Waals surface area (Å²) in [5, 5.41) is 12.4. The summed E-state index contributed by atoms with van der Waals surface area (Å²) in [5.41, 5.74) is 0.457. The summed E-state index contributed by atoms with van der Waals surface area (Å²) in [7, 11) is -1.58. The van der Waals surface area contributed by atoms with Crippen LogP contribution in [0.5, 0.6) is 0 Å². The molecule has 3 rings (SSSR count). The van der Waals surface area contributed by atoms with Gasteiger partial charge in [0.25, 0.3) is 5.69 Å².